The van der Waals surface area contributed by atoms with Crippen LogP contribution in [0.4, 0.5) is 14.5 Å². The molecule has 0 aliphatic carbocycles. The standard InChI is InChI=1S/C17H23F2N3O2S/c1-6-7-11-12(15(25)22-10(2)20)8-9-13(14(11)21-5)24-17(18,19)16(3,4)23/h8-9,23H,5-7H2,1-4H3,(H2,20,22,25). The number of amidine groups is 1. The third-order valence-corrected chi connectivity index (χ3v) is 3.67. The minimum absolute atomic E-state index is 0.149. The van der Waals surface area contributed by atoms with Crippen LogP contribution in [0.2, 0.25) is 0 Å². The lowest BCUT2D eigenvalue weighted by Gasteiger charge is -2.29. The van der Waals surface area contributed by atoms with E-state index >= 15 is 0 Å². The van der Waals surface area contributed by atoms with Gasteiger partial charge < -0.3 is 15.6 Å². The molecule has 0 saturated carbocycles. The van der Waals surface area contributed by atoms with Crippen molar-refractivity contribution in [3.8, 4) is 5.75 Å². The highest BCUT2D eigenvalue weighted by atomic mass is 32.1. The van der Waals surface area contributed by atoms with Gasteiger partial charge in [0.1, 0.15) is 10.7 Å². The van der Waals surface area contributed by atoms with E-state index in [0.29, 0.717) is 17.5 Å². The van der Waals surface area contributed by atoms with Gasteiger partial charge in [0, 0.05) is 5.56 Å². The van der Waals surface area contributed by atoms with Gasteiger partial charge in [-0.05, 0) is 51.6 Å². The van der Waals surface area contributed by atoms with Gasteiger partial charge >= 0.3 is 6.11 Å². The first-order valence-corrected chi connectivity index (χ1v) is 8.12. The fourth-order valence-corrected chi connectivity index (χ4v) is 2.39. The second-order valence-corrected chi connectivity index (χ2v) is 6.47. The van der Waals surface area contributed by atoms with Crippen molar-refractivity contribution < 1.29 is 18.6 Å². The number of halogens is 2. The van der Waals surface area contributed by atoms with E-state index in [0.717, 1.165) is 20.3 Å². The van der Waals surface area contributed by atoms with Crippen LogP contribution in [-0.4, -0.2) is 34.4 Å². The Bertz CT molecular complexity index is 694. The molecule has 0 heterocycles. The van der Waals surface area contributed by atoms with Gasteiger partial charge in [-0.15, -0.1) is 0 Å². The van der Waals surface area contributed by atoms with Crippen LogP contribution in [0.5, 0.6) is 5.75 Å². The van der Waals surface area contributed by atoms with Gasteiger partial charge in [0.2, 0.25) is 0 Å². The molecule has 0 radical (unpaired) electrons. The molecule has 0 fully saturated rings. The summed E-state index contributed by atoms with van der Waals surface area (Å²) in [6.45, 7) is 8.89. The number of hydrogen-bond donors (Lipinski definition) is 2. The number of alkyl halides is 2. The number of aliphatic hydroxyl groups is 1. The number of rotatable bonds is 7. The van der Waals surface area contributed by atoms with Gasteiger partial charge in [-0.3, -0.25) is 4.99 Å². The summed E-state index contributed by atoms with van der Waals surface area (Å²) in [6, 6.07) is 2.84. The minimum atomic E-state index is -3.82. The number of benzene rings is 1. The Balaban J connectivity index is 3.49. The number of ether oxygens (including phenoxy) is 1. The Morgan fingerprint density at radius 2 is 2.00 bits per heavy atom. The maximum absolute atomic E-state index is 14.1. The van der Waals surface area contributed by atoms with Crippen LogP contribution < -0.4 is 10.5 Å². The van der Waals surface area contributed by atoms with Crippen molar-refractivity contribution in [1.82, 2.24) is 0 Å². The van der Waals surface area contributed by atoms with Crippen LogP contribution in [0.3, 0.4) is 0 Å². The predicted molar refractivity (Wildman–Crippen MR) is 101 cm³/mol. The zero-order valence-corrected chi connectivity index (χ0v) is 15.6. The molecule has 0 aliphatic rings. The minimum Gasteiger partial charge on any atom is -0.428 e. The first-order chi connectivity index (χ1) is 11.4. The number of aliphatic imine (C=N–C) groups is 2. The Labute approximate surface area is 151 Å². The molecule has 138 valence electrons. The van der Waals surface area contributed by atoms with E-state index in [-0.39, 0.29) is 22.3 Å². The number of nitrogens with zero attached hydrogens (tertiary/aromatic N) is 2. The molecule has 0 aromatic heterocycles. The zero-order chi connectivity index (χ0) is 19.4. The van der Waals surface area contributed by atoms with Gasteiger partial charge in [-0.2, -0.15) is 8.78 Å². The maximum Gasteiger partial charge on any atom is 0.426 e. The summed E-state index contributed by atoms with van der Waals surface area (Å²) in [5.41, 5.74) is 4.49. The lowest BCUT2D eigenvalue weighted by Crippen LogP contribution is -2.47. The molecule has 0 unspecified atom stereocenters. The summed E-state index contributed by atoms with van der Waals surface area (Å²) in [7, 11) is 0. The second kappa shape index (κ2) is 7.97. The third-order valence-electron chi connectivity index (χ3n) is 3.36. The van der Waals surface area contributed by atoms with Gasteiger partial charge in [-0.25, -0.2) is 4.99 Å². The average molecular weight is 371 g/mol. The van der Waals surface area contributed by atoms with Crippen LogP contribution in [0, 0.1) is 0 Å². The molecule has 0 spiro atoms. The van der Waals surface area contributed by atoms with E-state index in [1.54, 1.807) is 6.92 Å². The van der Waals surface area contributed by atoms with Crippen molar-refractivity contribution in [2.45, 2.75) is 52.2 Å². The smallest absolute Gasteiger partial charge is 0.426 e. The number of nitrogens with two attached hydrogens (primary N) is 1. The fourth-order valence-electron chi connectivity index (χ4n) is 2.06. The SMILES string of the molecule is C=Nc1c(OC(F)(F)C(C)(C)O)ccc(C(=S)N=C(C)N)c1CCC. The zero-order valence-electron chi connectivity index (χ0n) is 14.8. The number of thiocarbonyl (C=S) groups is 1. The Morgan fingerprint density at radius 1 is 1.40 bits per heavy atom. The van der Waals surface area contributed by atoms with Crippen molar-refractivity contribution in [3.05, 3.63) is 23.3 Å². The Morgan fingerprint density at radius 3 is 2.44 bits per heavy atom. The normalized spacial score (nSPS) is 12.8. The molecule has 0 bridgehead atoms. The molecule has 8 heteroatoms. The molecule has 1 aromatic rings. The average Bonchev–Trinajstić information content (AvgIpc) is 2.45. The van der Waals surface area contributed by atoms with E-state index in [4.69, 9.17) is 22.7 Å². The quantitative estimate of drug-likeness (QED) is 0.434. The summed E-state index contributed by atoms with van der Waals surface area (Å²) in [6.07, 6.45) is -2.59. The molecule has 1 rings (SSSR count). The fraction of sp³-hybridized carbons (Fsp3) is 0.471. The predicted octanol–water partition coefficient (Wildman–Crippen LogP) is 3.77. The highest BCUT2D eigenvalue weighted by Gasteiger charge is 2.49. The largest absolute Gasteiger partial charge is 0.428 e. The van der Waals surface area contributed by atoms with Crippen LogP contribution in [-0.2, 0) is 6.42 Å². The van der Waals surface area contributed by atoms with Crippen LogP contribution >= 0.6 is 12.2 Å². The summed E-state index contributed by atoms with van der Waals surface area (Å²) in [5, 5.41) is 9.61. The lowest BCUT2D eigenvalue weighted by molar-refractivity contribution is -0.276. The second-order valence-electron chi connectivity index (χ2n) is 6.08. The van der Waals surface area contributed by atoms with Crippen molar-refractivity contribution >= 4 is 35.4 Å². The topological polar surface area (TPSA) is 80.2 Å². The Hall–Kier alpha value is -1.93. The van der Waals surface area contributed by atoms with Crippen molar-refractivity contribution in [1.29, 1.82) is 0 Å². The molecule has 0 saturated heterocycles. The lowest BCUT2D eigenvalue weighted by atomic mass is 10.00. The third kappa shape index (κ3) is 5.02. The van der Waals surface area contributed by atoms with Crippen LogP contribution in [0.1, 0.15) is 45.2 Å². The van der Waals surface area contributed by atoms with Gasteiger partial charge in [0.15, 0.2) is 11.4 Å². The van der Waals surface area contributed by atoms with Gasteiger partial charge in [-0.1, -0.05) is 25.6 Å². The molecule has 5 nitrogen and oxygen atoms in total. The first-order valence-electron chi connectivity index (χ1n) is 7.71. The first kappa shape index (κ1) is 21.1. The molecule has 0 amide bonds. The Kier molecular flexibility index (Phi) is 6.73. The van der Waals surface area contributed by atoms with Crippen LogP contribution in [0.15, 0.2) is 22.1 Å². The van der Waals surface area contributed by atoms with Gasteiger partial charge in [0.25, 0.3) is 0 Å². The summed E-state index contributed by atoms with van der Waals surface area (Å²) in [5.74, 6) is 0.0972. The van der Waals surface area contributed by atoms with E-state index in [2.05, 4.69) is 16.7 Å². The van der Waals surface area contributed by atoms with Crippen LogP contribution in [0.25, 0.3) is 0 Å². The van der Waals surface area contributed by atoms with E-state index in [9.17, 15) is 13.9 Å². The molecule has 0 atom stereocenters. The van der Waals surface area contributed by atoms with E-state index < -0.39 is 11.7 Å². The number of hydrogen-bond acceptors (Lipinski definition) is 4. The molecule has 3 N–H and O–H groups in total. The van der Waals surface area contributed by atoms with E-state index in [1.165, 1.54) is 12.1 Å². The molecule has 25 heavy (non-hydrogen) atoms. The highest BCUT2D eigenvalue weighted by Crippen LogP contribution is 2.40. The highest BCUT2D eigenvalue weighted by molar-refractivity contribution is 7.80. The van der Waals surface area contributed by atoms with Crippen molar-refractivity contribution in [3.63, 3.8) is 0 Å². The molecule has 1 aromatic carbocycles. The maximum atomic E-state index is 14.1. The summed E-state index contributed by atoms with van der Waals surface area (Å²) >= 11 is 5.26. The molecular formula is C17H23F2N3O2S. The van der Waals surface area contributed by atoms with E-state index in [1.807, 2.05) is 6.92 Å². The van der Waals surface area contributed by atoms with Gasteiger partial charge in [0.05, 0.1) is 5.84 Å². The monoisotopic (exact) mass is 371 g/mol. The summed E-state index contributed by atoms with van der Waals surface area (Å²) < 4.78 is 32.9. The van der Waals surface area contributed by atoms with Crippen molar-refractivity contribution in [2.24, 2.45) is 15.7 Å². The summed E-state index contributed by atoms with van der Waals surface area (Å²) in [4.78, 5) is 8.12. The molecule has 0 aliphatic heterocycles. The molecular weight excluding hydrogens is 348 g/mol. The van der Waals surface area contributed by atoms with Crippen molar-refractivity contribution in [2.75, 3.05) is 0 Å².